The third-order valence-corrected chi connectivity index (χ3v) is 13.3. The second-order valence-corrected chi connectivity index (χ2v) is 18.6. The van der Waals surface area contributed by atoms with Crippen LogP contribution in [0, 0.1) is 18.3 Å². The summed E-state index contributed by atoms with van der Waals surface area (Å²) in [5.41, 5.74) is 4.87. The normalized spacial score (nSPS) is 23.5. The topological polar surface area (TPSA) is 206 Å². The van der Waals surface area contributed by atoms with Gasteiger partial charge in [-0.25, -0.2) is 4.98 Å². The Kier molecular flexibility index (Phi) is 16.1. The highest BCUT2D eigenvalue weighted by molar-refractivity contribution is 7.09. The van der Waals surface area contributed by atoms with Gasteiger partial charge in [0.05, 0.1) is 43.7 Å². The second kappa shape index (κ2) is 21.2. The van der Waals surface area contributed by atoms with Crippen molar-refractivity contribution < 1.29 is 48.1 Å². The quantitative estimate of drug-likeness (QED) is 0.119. The number of hydrogen-bond acceptors (Lipinski definition) is 12. The number of nitrogens with one attached hydrogen (secondary N) is 3. The van der Waals surface area contributed by atoms with Gasteiger partial charge in [-0.1, -0.05) is 32.9 Å². The van der Waals surface area contributed by atoms with E-state index in [1.54, 1.807) is 22.3 Å². The molecule has 0 spiro atoms. The number of piperidine rings is 1. The molecule has 4 atom stereocenters. The summed E-state index contributed by atoms with van der Waals surface area (Å²) in [6.45, 7) is 9.74. The van der Waals surface area contributed by atoms with Crippen molar-refractivity contribution in [2.24, 2.45) is 11.3 Å². The fourth-order valence-corrected chi connectivity index (χ4v) is 9.85. The molecule has 1 aliphatic carbocycles. The zero-order chi connectivity index (χ0) is 43.7. The van der Waals surface area contributed by atoms with Crippen molar-refractivity contribution in [3.05, 3.63) is 51.0 Å². The van der Waals surface area contributed by atoms with Crippen LogP contribution in [-0.2, 0) is 51.1 Å². The number of amides is 6. The molecule has 17 heteroatoms. The fourth-order valence-electron chi connectivity index (χ4n) is 8.87. The minimum absolute atomic E-state index is 0.0141. The lowest BCUT2D eigenvalue weighted by molar-refractivity contribution is -0.144. The summed E-state index contributed by atoms with van der Waals surface area (Å²) in [4.78, 5) is 86.1. The molecule has 2 aromatic rings. The molecule has 3 fully saturated rings. The van der Waals surface area contributed by atoms with E-state index in [2.05, 4.69) is 27.9 Å². The van der Waals surface area contributed by atoms with E-state index in [-0.39, 0.29) is 56.9 Å². The molecule has 6 amide bonds. The number of carbonyl (C=O) groups is 6. The van der Waals surface area contributed by atoms with Gasteiger partial charge in [-0.3, -0.25) is 34.1 Å². The summed E-state index contributed by atoms with van der Waals surface area (Å²) in [6, 6.07) is 3.19. The van der Waals surface area contributed by atoms with Crippen molar-refractivity contribution in [1.82, 2.24) is 30.7 Å². The Labute approximate surface area is 361 Å². The Morgan fingerprint density at radius 3 is 2.41 bits per heavy atom. The van der Waals surface area contributed by atoms with E-state index in [0.717, 1.165) is 48.9 Å². The average Bonchev–Trinajstić information content (AvgIpc) is 3.94. The number of aliphatic hydroxyl groups is 1. The van der Waals surface area contributed by atoms with Gasteiger partial charge >= 0.3 is 0 Å². The highest BCUT2D eigenvalue weighted by Crippen LogP contribution is 2.38. The van der Waals surface area contributed by atoms with Crippen LogP contribution in [0.15, 0.2) is 23.7 Å². The predicted octanol–water partition coefficient (Wildman–Crippen LogP) is 2.78. The molecule has 3 aliphatic heterocycles. The van der Waals surface area contributed by atoms with Crippen molar-refractivity contribution in [3.63, 3.8) is 0 Å². The lowest BCUT2D eigenvalue weighted by atomic mass is 9.81. The van der Waals surface area contributed by atoms with Gasteiger partial charge in [-0.05, 0) is 86.3 Å². The first-order valence-corrected chi connectivity index (χ1v) is 22.5. The second-order valence-electron chi connectivity index (χ2n) is 17.8. The molecule has 4 aliphatic rings. The van der Waals surface area contributed by atoms with E-state index >= 15 is 0 Å². The SMILES string of the molecule is Cc1ncsc1C1CCC(CNC(=O)[C@@H]2C[C@@H](O)CN2C(=O)[C@@H](NC(=O)COCCOCCOCCCc2cccc3c2CN(C2CCC(=O)NC2=O)C3=O)C(C)(C)C)CC1. The third-order valence-electron chi connectivity index (χ3n) is 12.2. The molecule has 4 heterocycles. The Balaban J connectivity index is 0.843. The number of benzene rings is 1. The molecule has 6 rings (SSSR count). The van der Waals surface area contributed by atoms with Crippen LogP contribution in [0.4, 0.5) is 0 Å². The highest BCUT2D eigenvalue weighted by atomic mass is 32.1. The first-order valence-electron chi connectivity index (χ1n) is 21.7. The maximum absolute atomic E-state index is 13.9. The van der Waals surface area contributed by atoms with Gasteiger partial charge in [-0.2, -0.15) is 0 Å². The number of fused-ring (bicyclic) bond motifs is 1. The van der Waals surface area contributed by atoms with E-state index in [1.165, 1.54) is 9.78 Å². The number of imide groups is 1. The van der Waals surface area contributed by atoms with Crippen LogP contribution in [0.25, 0.3) is 0 Å². The Morgan fingerprint density at radius 2 is 1.72 bits per heavy atom. The number of carbonyl (C=O) groups excluding carboxylic acids is 6. The lowest BCUT2D eigenvalue weighted by Crippen LogP contribution is -2.58. The van der Waals surface area contributed by atoms with Crippen molar-refractivity contribution in [2.45, 2.75) is 122 Å². The number of likely N-dealkylation sites (tertiary alicyclic amines) is 1. The smallest absolute Gasteiger partial charge is 0.255 e. The molecule has 1 aromatic heterocycles. The van der Waals surface area contributed by atoms with Gasteiger partial charge in [0.15, 0.2) is 0 Å². The summed E-state index contributed by atoms with van der Waals surface area (Å²) in [7, 11) is 0. The van der Waals surface area contributed by atoms with Crippen molar-refractivity contribution >= 4 is 46.8 Å². The van der Waals surface area contributed by atoms with Gasteiger partial charge in [0.25, 0.3) is 5.91 Å². The average molecular weight is 867 g/mol. The molecular weight excluding hydrogens is 805 g/mol. The molecule has 4 N–H and O–H groups in total. The van der Waals surface area contributed by atoms with Crippen molar-refractivity contribution in [1.29, 1.82) is 0 Å². The predicted molar refractivity (Wildman–Crippen MR) is 225 cm³/mol. The van der Waals surface area contributed by atoms with Crippen LogP contribution >= 0.6 is 11.3 Å². The summed E-state index contributed by atoms with van der Waals surface area (Å²) >= 11 is 1.72. The first kappa shape index (κ1) is 46.2. The van der Waals surface area contributed by atoms with Crippen molar-refractivity contribution in [2.75, 3.05) is 52.7 Å². The Hall–Kier alpha value is -4.29. The number of aryl methyl sites for hydroxylation is 2. The van der Waals surface area contributed by atoms with Crippen LogP contribution in [-0.4, -0.2) is 132 Å². The molecule has 1 unspecified atom stereocenters. The first-order chi connectivity index (χ1) is 29.2. The van der Waals surface area contributed by atoms with Gasteiger partial charge in [-0.15, -0.1) is 11.3 Å². The Bertz CT molecular complexity index is 1890. The largest absolute Gasteiger partial charge is 0.391 e. The molecule has 2 saturated heterocycles. The summed E-state index contributed by atoms with van der Waals surface area (Å²) in [6.07, 6.45) is 5.37. The van der Waals surface area contributed by atoms with E-state index in [1.807, 2.05) is 38.4 Å². The Morgan fingerprint density at radius 1 is 1.00 bits per heavy atom. The third kappa shape index (κ3) is 12.0. The summed E-state index contributed by atoms with van der Waals surface area (Å²) in [5, 5.41) is 18.8. The number of rotatable bonds is 19. The number of β-amino-alcohol motifs (C(OH)–C–C–N with tert-alkyl or cyclic N) is 1. The van der Waals surface area contributed by atoms with Crippen LogP contribution in [0.5, 0.6) is 0 Å². The minimum Gasteiger partial charge on any atom is -0.391 e. The number of hydrogen-bond donors (Lipinski definition) is 4. The molecule has 1 aromatic carbocycles. The number of nitrogens with zero attached hydrogens (tertiary/aromatic N) is 3. The van der Waals surface area contributed by atoms with E-state index in [4.69, 9.17) is 14.2 Å². The van der Waals surface area contributed by atoms with Crippen LogP contribution < -0.4 is 16.0 Å². The fraction of sp³-hybridized carbons (Fsp3) is 0.659. The van der Waals surface area contributed by atoms with Crippen LogP contribution in [0.3, 0.4) is 0 Å². The monoisotopic (exact) mass is 866 g/mol. The number of ether oxygens (including phenoxy) is 3. The number of aliphatic hydroxyl groups excluding tert-OH is 1. The molecule has 334 valence electrons. The van der Waals surface area contributed by atoms with E-state index < -0.39 is 47.4 Å². The number of aromatic nitrogens is 1. The van der Waals surface area contributed by atoms with Gasteiger partial charge in [0.2, 0.25) is 29.5 Å². The van der Waals surface area contributed by atoms with Crippen molar-refractivity contribution in [3.8, 4) is 0 Å². The maximum atomic E-state index is 13.9. The van der Waals surface area contributed by atoms with Crippen LogP contribution in [0.2, 0.25) is 0 Å². The van der Waals surface area contributed by atoms with Gasteiger partial charge in [0, 0.05) is 49.5 Å². The molecular formula is C44H62N6O10S. The summed E-state index contributed by atoms with van der Waals surface area (Å²) < 4.78 is 16.9. The lowest BCUT2D eigenvalue weighted by Gasteiger charge is -2.35. The minimum atomic E-state index is -0.944. The zero-order valence-corrected chi connectivity index (χ0v) is 36.7. The molecule has 16 nitrogen and oxygen atoms in total. The molecule has 0 radical (unpaired) electrons. The zero-order valence-electron chi connectivity index (χ0n) is 35.9. The molecule has 0 bridgehead atoms. The van der Waals surface area contributed by atoms with Gasteiger partial charge in [0.1, 0.15) is 24.7 Å². The van der Waals surface area contributed by atoms with Crippen LogP contribution in [0.1, 0.15) is 110 Å². The van der Waals surface area contributed by atoms with E-state index in [0.29, 0.717) is 63.2 Å². The molecule has 1 saturated carbocycles. The standard InChI is InChI=1S/C44H62N6O10S/c1-27-38(61-26-46-27)30-12-10-28(11-13-30)22-45-40(54)35-21-31(51)23-49(35)43(57)39(44(2,3)4)47-37(53)25-60-20-19-59-18-17-58-16-6-8-29-7-5-9-32-33(29)24-50(42(32)56)34-14-15-36(52)48-41(34)55/h5,7,9,26,28,30-31,34-35,39,51H,6,8,10-25H2,1-4H3,(H,45,54)(H,47,53)(H,48,52,55)/t28?,30?,31-,34?,35+,39-/m1/s1. The summed E-state index contributed by atoms with van der Waals surface area (Å²) in [5.74, 6) is -1.24. The van der Waals surface area contributed by atoms with Gasteiger partial charge < -0.3 is 39.8 Å². The number of thiazole rings is 1. The maximum Gasteiger partial charge on any atom is 0.255 e. The highest BCUT2D eigenvalue weighted by Gasteiger charge is 2.45. The van der Waals surface area contributed by atoms with E-state index in [9.17, 15) is 33.9 Å². The molecule has 61 heavy (non-hydrogen) atoms.